The van der Waals surface area contributed by atoms with E-state index in [1.54, 1.807) is 37.1 Å². The molecule has 12 fully saturated rings. The predicted molar refractivity (Wildman–Crippen MR) is 438 cm³/mol. The zero-order chi connectivity index (χ0) is 90.0. The zero-order valence-corrected chi connectivity index (χ0v) is 71.1. The fourth-order valence-corrected chi connectivity index (χ4v) is 18.7. The number of hydrogen-bond donors (Lipinski definition) is 6. The Morgan fingerprint density at radius 1 is 0.520 bits per heavy atom. The topological polar surface area (TPSA) is 331 Å². The fraction of sp³-hybridized carbons (Fsp3) is 0.438. The van der Waals surface area contributed by atoms with Crippen molar-refractivity contribution in [2.45, 2.75) is 195 Å². The number of aliphatic hydroxyl groups is 1. The lowest BCUT2D eigenvalue weighted by Gasteiger charge is -2.72. The Bertz CT molecular complexity index is 5350. The zero-order valence-electron chi connectivity index (χ0n) is 68.8. The lowest BCUT2D eigenvalue weighted by atomic mass is 9.38. The minimum absolute atomic E-state index is 0.00118. The van der Waals surface area contributed by atoms with Gasteiger partial charge in [-0.15, -0.1) is 0 Å². The number of carbonyl (C=O) groups excluding carboxylic acids is 8. The molecule has 2 unspecified atom stereocenters. The lowest BCUT2D eigenvalue weighted by Crippen LogP contribution is -2.83. The van der Waals surface area contributed by atoms with Crippen LogP contribution in [0.25, 0.3) is 0 Å². The monoisotopic (exact) mass is 1800 g/mol. The number of aromatic nitrogens is 4. The Morgan fingerprint density at radius 2 is 0.968 bits per heavy atom. The smallest absolute Gasteiger partial charge is 0.417 e. The first kappa shape index (κ1) is 91.7. The summed E-state index contributed by atoms with van der Waals surface area (Å²) in [5.41, 5.74) is -1.81. The summed E-state index contributed by atoms with van der Waals surface area (Å²) in [6, 6.07) is 27.0. The molecule has 0 saturated heterocycles. The van der Waals surface area contributed by atoms with Gasteiger partial charge in [0.05, 0.1) is 62.7 Å². The number of amides is 6. The molecule has 36 heteroatoms. The second-order valence-corrected chi connectivity index (χ2v) is 35.6. The van der Waals surface area contributed by atoms with Crippen LogP contribution in [0.5, 0.6) is 28.7 Å². The minimum Gasteiger partial charge on any atom is -0.494 e. The summed E-state index contributed by atoms with van der Waals surface area (Å²) in [6.45, 7) is 8.51. The van der Waals surface area contributed by atoms with Crippen LogP contribution < -0.4 is 50.3 Å². The van der Waals surface area contributed by atoms with Crippen molar-refractivity contribution < 1.29 is 107 Å². The third kappa shape index (κ3) is 21.1. The van der Waals surface area contributed by atoms with Gasteiger partial charge in [-0.1, -0.05) is 53.8 Å². The molecule has 8 bridgehead atoms. The molecule has 0 spiro atoms. The Hall–Kier alpha value is -11.0. The van der Waals surface area contributed by atoms with Gasteiger partial charge in [-0.3, -0.25) is 48.3 Å². The highest BCUT2D eigenvalue weighted by atomic mass is 35.5. The Balaban J connectivity index is 0.000000143. The number of carbonyl (C=O) groups is 8. The average Bonchev–Trinajstić information content (AvgIpc) is 0.712. The summed E-state index contributed by atoms with van der Waals surface area (Å²) in [4.78, 5) is 113. The van der Waals surface area contributed by atoms with Gasteiger partial charge < -0.3 is 64.8 Å². The number of rotatable bonds is 30. The maximum atomic E-state index is 13.4. The number of nitrogens with zero attached hydrogens (tertiary/aromatic N) is 5. The molecule has 125 heavy (non-hydrogen) atoms. The second-order valence-electron chi connectivity index (χ2n) is 34.4. The first-order valence-electron chi connectivity index (χ1n) is 40.5. The van der Waals surface area contributed by atoms with Gasteiger partial charge in [-0.25, -0.2) is 26.9 Å². The van der Waals surface area contributed by atoms with Crippen molar-refractivity contribution in [3.8, 4) is 28.7 Å². The predicted octanol–water partition coefficient (Wildman–Crippen LogP) is 15.4. The molecule has 12 saturated carbocycles. The van der Waals surface area contributed by atoms with E-state index in [1.807, 2.05) is 32.9 Å². The maximum absolute atomic E-state index is 13.4. The molecule has 12 aliphatic rings. The van der Waals surface area contributed by atoms with Crippen molar-refractivity contribution >= 4 is 81.8 Å². The molecule has 0 aliphatic heterocycles. The van der Waals surface area contributed by atoms with Gasteiger partial charge in [0, 0.05) is 83.6 Å². The van der Waals surface area contributed by atoms with Crippen LogP contribution in [0, 0.1) is 41.0 Å². The van der Waals surface area contributed by atoms with Crippen LogP contribution in [0.4, 0.5) is 35.1 Å². The minimum atomic E-state index is -4.56. The van der Waals surface area contributed by atoms with E-state index in [4.69, 9.17) is 63.0 Å². The number of pyridine rings is 1. The number of halogens is 11. The lowest BCUT2D eigenvalue weighted by molar-refractivity contribution is -0.166. The third-order valence-corrected chi connectivity index (χ3v) is 25.4. The summed E-state index contributed by atoms with van der Waals surface area (Å²) in [5, 5.41) is 29.4. The molecule has 12 aliphatic carbocycles. The highest BCUT2D eigenvalue weighted by Crippen LogP contribution is 2.70. The largest absolute Gasteiger partial charge is 0.494 e. The number of Topliss-reactive ketones (excluding diaryl/α,β-unsaturated/α-hetero) is 2. The third-order valence-electron chi connectivity index (χ3n) is 24.5. The van der Waals surface area contributed by atoms with Gasteiger partial charge in [0.25, 0.3) is 35.4 Å². The molecule has 2 atom stereocenters. The van der Waals surface area contributed by atoms with E-state index in [2.05, 4.69) is 46.7 Å². The number of aliphatic hydroxyl groups excluding tert-OH is 1. The molecule has 6 amide bonds. The molecule has 3 aromatic heterocycles. The number of aryl methyl sites for hydroxylation is 1. The highest BCUT2D eigenvalue weighted by Gasteiger charge is 2.72. The number of ether oxygens (including phenoxy) is 5. The molecule has 3 heterocycles. The number of ketones is 2. The van der Waals surface area contributed by atoms with Crippen LogP contribution >= 0.6 is 34.8 Å². The number of fused-ring (bicyclic) bond motifs is 3. The molecule has 5 aromatic carbocycles. The fourth-order valence-electron chi connectivity index (χ4n) is 18.3. The van der Waals surface area contributed by atoms with Crippen molar-refractivity contribution in [1.82, 2.24) is 51.6 Å². The van der Waals surface area contributed by atoms with Gasteiger partial charge in [0.2, 0.25) is 11.5 Å². The number of hydrogen-bond acceptors (Lipinski definition) is 19. The highest BCUT2D eigenvalue weighted by molar-refractivity contribution is 6.31. The summed E-state index contributed by atoms with van der Waals surface area (Å²) in [7, 11) is 1.69. The first-order chi connectivity index (χ1) is 59.1. The van der Waals surface area contributed by atoms with E-state index in [9.17, 15) is 78.6 Å². The molecule has 20 rings (SSSR count). The SMILES string of the molecule is CC(C)c1cc(C(=O)CC23CC(NC(=O)COc4ccc(Cl)c(F)c4)(C2)C3)on1.CC(F)c1cnc(C(=O)N(C)C23CC(NC(=O)COc4ccc(Cl)c(F)c4)(C2)C3)cn1.CCOc1ccc(C(=O)CC23CC(NC(=O)COc4ccc(Cl)c(F)c4)(C2)C3)cc1.Cc1cc(OCC(=O)NC23CCC(NC(=O)c4ccc(C(F)(F)F)cn4)(CC2)C(O)C3)ccc1F. The Kier molecular flexibility index (Phi) is 26.8. The summed E-state index contributed by atoms with van der Waals surface area (Å²) < 4.78 is 137. The summed E-state index contributed by atoms with van der Waals surface area (Å²) in [6.07, 6.45) is 5.73. The van der Waals surface area contributed by atoms with E-state index < -0.39 is 58.5 Å². The first-order valence-corrected chi connectivity index (χ1v) is 41.6. The van der Waals surface area contributed by atoms with E-state index >= 15 is 0 Å². The van der Waals surface area contributed by atoms with E-state index in [0.717, 1.165) is 80.3 Å². The van der Waals surface area contributed by atoms with E-state index in [0.29, 0.717) is 93.2 Å². The summed E-state index contributed by atoms with van der Waals surface area (Å²) >= 11 is 16.9. The summed E-state index contributed by atoms with van der Waals surface area (Å²) in [5.74, 6) is -1.94. The van der Waals surface area contributed by atoms with Gasteiger partial charge >= 0.3 is 6.18 Å². The van der Waals surface area contributed by atoms with Crippen LogP contribution in [-0.4, -0.2) is 157 Å². The van der Waals surface area contributed by atoms with Crippen LogP contribution in [-0.2, 0) is 25.4 Å². The molecule has 0 radical (unpaired) electrons. The molecule has 25 nitrogen and oxygen atoms in total. The van der Waals surface area contributed by atoms with Crippen molar-refractivity contribution in [2.24, 2.45) is 10.8 Å². The Labute approximate surface area is 728 Å². The van der Waals surface area contributed by atoms with Crippen LogP contribution in [0.15, 0.2) is 138 Å². The van der Waals surface area contributed by atoms with Gasteiger partial charge in [-0.05, 0) is 224 Å². The maximum Gasteiger partial charge on any atom is 0.417 e. The van der Waals surface area contributed by atoms with Crippen LogP contribution in [0.2, 0.25) is 15.1 Å². The normalized spacial score (nSPS) is 24.6. The standard InChI is InChI=1S/C24H25F4N3O4.C23H23ClFNO4.C21H21ClF2N4O3.C21H22ClFN2O4/c1-14-10-16(3-4-17(14)25)35-13-20(33)30-22-6-8-23(9-7-22,19(32)11-22)31-21(34)18-5-2-15(12-29-18)24(26,27)28;1-2-29-16-5-3-15(4-6-16)20(27)10-22-12-23(13-22,14-22)26-21(28)11-30-17-7-8-18(24)19(25)9-17;1-12(23)16-6-26-17(7-25-16)19(30)28(2)21-9-20(10-21,11-21)27-18(29)8-31-13-3-4-14(22)15(24)5-13;1-12(2)16-6-18(29-25-16)17(26)7-20-9-21(10-20,11-20)24-19(27)8-28-13-3-4-14(22)15(23)5-13/h2-5,10,12,19,32H,6-9,11,13H2,1H3,(H,30,33)(H,31,34);3-9H,2,10-14H2,1H3,(H,26,28);3-7,12H,8-11H2,1-2H3,(H,27,29);3-6,12H,7-11H2,1-2H3,(H,24,27). The van der Waals surface area contributed by atoms with Crippen molar-refractivity contribution in [2.75, 3.05) is 40.1 Å². The van der Waals surface area contributed by atoms with Crippen LogP contribution in [0.3, 0.4) is 0 Å². The molecular formula is C89H91Cl3F8N10O15. The molecular weight excluding hydrogens is 1710 g/mol. The number of benzene rings is 5. The quantitative estimate of drug-likeness (QED) is 0.0180. The van der Waals surface area contributed by atoms with E-state index in [1.165, 1.54) is 73.9 Å². The molecule has 664 valence electrons. The molecule has 6 N–H and O–H groups in total. The van der Waals surface area contributed by atoms with Crippen molar-refractivity contribution in [1.29, 1.82) is 0 Å². The van der Waals surface area contributed by atoms with Gasteiger partial charge in [0.1, 0.15) is 69.6 Å². The van der Waals surface area contributed by atoms with E-state index in [-0.39, 0.29) is 168 Å². The van der Waals surface area contributed by atoms with Crippen molar-refractivity contribution in [3.63, 3.8) is 0 Å². The number of alkyl halides is 4. The molecule has 8 aromatic rings. The van der Waals surface area contributed by atoms with Gasteiger partial charge in [0.15, 0.2) is 32.2 Å². The van der Waals surface area contributed by atoms with Gasteiger partial charge in [-0.2, -0.15) is 13.2 Å². The second kappa shape index (κ2) is 36.5. The number of nitrogens with one attached hydrogen (secondary N) is 5. The van der Waals surface area contributed by atoms with Crippen molar-refractivity contribution in [3.05, 3.63) is 217 Å². The Morgan fingerprint density at radius 3 is 1.38 bits per heavy atom. The average molecular weight is 1800 g/mol. The van der Waals surface area contributed by atoms with Crippen LogP contribution in [0.1, 0.15) is 207 Å².